The van der Waals surface area contributed by atoms with E-state index in [4.69, 9.17) is 0 Å². The molecule has 0 spiro atoms. The second-order valence-corrected chi connectivity index (χ2v) is 16.2. The number of aromatic nitrogens is 1. The Kier molecular flexibility index (Phi) is 9.47. The molecule has 2 heteroatoms. The monoisotopic (exact) mass is 770 g/mol. The fourth-order valence-corrected chi connectivity index (χ4v) is 9.04. The van der Waals surface area contributed by atoms with E-state index in [9.17, 15) is 0 Å². The van der Waals surface area contributed by atoms with E-state index in [1.54, 1.807) is 0 Å². The number of anilines is 2. The third-order valence-corrected chi connectivity index (χ3v) is 12.3. The molecule has 0 N–H and O–H groups in total. The Morgan fingerprint density at radius 1 is 0.350 bits per heavy atom. The molecule has 0 saturated heterocycles. The standard InChI is InChI=1S/C46H36N2.C12H10/c1-46(2)42-17-11-10-16-38(42)40-29-41-39-27-26-37(47(3)35-22-18-33(19-23-35)31-12-6-4-7-13-31)28-44(39)48(45(41)30-43(40)46)36-24-20-34(21-25-36)32-14-8-5-9-15-32;1-3-7-11(8-4-1)12-9-5-2-6-10-12/h4-30H,1-3H3;1-10H. The van der Waals surface area contributed by atoms with Crippen LogP contribution >= 0.6 is 0 Å². The van der Waals surface area contributed by atoms with E-state index in [1.807, 2.05) is 12.1 Å². The summed E-state index contributed by atoms with van der Waals surface area (Å²) in [5, 5.41) is 2.54. The Labute approximate surface area is 353 Å². The van der Waals surface area contributed by atoms with E-state index in [0.717, 1.165) is 17.1 Å². The SMILES string of the molecule is CN(c1ccc(-c2ccccc2)cc1)c1ccc2c3cc4c(cc3n(-c3ccc(-c5ccccc5)cc3)c2c1)C(C)(C)c1ccccc1-4.c1ccc(-c2ccccc2)cc1. The van der Waals surface area contributed by atoms with Crippen molar-refractivity contribution in [2.24, 2.45) is 0 Å². The molecule has 60 heavy (non-hydrogen) atoms. The third kappa shape index (κ3) is 6.67. The van der Waals surface area contributed by atoms with Crippen molar-refractivity contribution in [1.29, 1.82) is 0 Å². The predicted octanol–water partition coefficient (Wildman–Crippen LogP) is 15.5. The van der Waals surface area contributed by atoms with E-state index in [1.165, 1.54) is 77.4 Å². The maximum atomic E-state index is 2.47. The summed E-state index contributed by atoms with van der Waals surface area (Å²) in [6, 6.07) is 80.6. The molecule has 10 aromatic rings. The molecule has 9 aromatic carbocycles. The molecular formula is C58H46N2. The van der Waals surface area contributed by atoms with Gasteiger partial charge in [-0.25, -0.2) is 0 Å². The highest BCUT2D eigenvalue weighted by Gasteiger charge is 2.36. The summed E-state index contributed by atoms with van der Waals surface area (Å²) in [7, 11) is 2.16. The number of hydrogen-bond donors (Lipinski definition) is 0. The Morgan fingerprint density at radius 2 is 0.783 bits per heavy atom. The Bertz CT molecular complexity index is 3040. The Balaban J connectivity index is 0.000000310. The minimum Gasteiger partial charge on any atom is -0.345 e. The first kappa shape index (κ1) is 36.9. The van der Waals surface area contributed by atoms with Crippen molar-refractivity contribution in [2.45, 2.75) is 19.3 Å². The van der Waals surface area contributed by atoms with Gasteiger partial charge in [0.05, 0.1) is 11.0 Å². The van der Waals surface area contributed by atoms with Crippen molar-refractivity contribution >= 4 is 33.2 Å². The van der Waals surface area contributed by atoms with E-state index in [2.05, 4.69) is 243 Å². The molecule has 2 nitrogen and oxygen atoms in total. The molecule has 0 saturated carbocycles. The van der Waals surface area contributed by atoms with E-state index >= 15 is 0 Å². The molecule has 0 amide bonds. The van der Waals surface area contributed by atoms with Gasteiger partial charge in [0.25, 0.3) is 0 Å². The minimum absolute atomic E-state index is 0.0736. The van der Waals surface area contributed by atoms with Gasteiger partial charge in [0.1, 0.15) is 0 Å². The van der Waals surface area contributed by atoms with Crippen molar-refractivity contribution in [3.63, 3.8) is 0 Å². The second kappa shape index (κ2) is 15.4. The summed E-state index contributed by atoms with van der Waals surface area (Å²) >= 11 is 0. The first-order valence-corrected chi connectivity index (χ1v) is 20.8. The minimum atomic E-state index is -0.0736. The second-order valence-electron chi connectivity index (χ2n) is 16.2. The first-order valence-electron chi connectivity index (χ1n) is 20.8. The maximum Gasteiger partial charge on any atom is 0.0561 e. The van der Waals surface area contributed by atoms with Crippen molar-refractivity contribution in [2.75, 3.05) is 11.9 Å². The first-order chi connectivity index (χ1) is 29.4. The highest BCUT2D eigenvalue weighted by atomic mass is 15.1. The lowest BCUT2D eigenvalue weighted by molar-refractivity contribution is 0.661. The van der Waals surface area contributed by atoms with E-state index < -0.39 is 0 Å². The molecule has 0 fully saturated rings. The summed E-state index contributed by atoms with van der Waals surface area (Å²) in [6.45, 7) is 4.72. The smallest absolute Gasteiger partial charge is 0.0561 e. The molecule has 0 aliphatic heterocycles. The summed E-state index contributed by atoms with van der Waals surface area (Å²) < 4.78 is 2.47. The van der Waals surface area contributed by atoms with Crippen LogP contribution in [-0.2, 0) is 5.41 Å². The molecule has 1 aromatic heterocycles. The molecule has 1 aliphatic rings. The topological polar surface area (TPSA) is 8.17 Å². The fourth-order valence-electron chi connectivity index (χ4n) is 9.04. The molecular weight excluding hydrogens is 725 g/mol. The van der Waals surface area contributed by atoms with Gasteiger partial charge in [0.2, 0.25) is 0 Å². The maximum absolute atomic E-state index is 2.47. The van der Waals surface area contributed by atoms with Crippen molar-refractivity contribution < 1.29 is 0 Å². The van der Waals surface area contributed by atoms with Gasteiger partial charge in [-0.05, 0) is 104 Å². The zero-order valence-electron chi connectivity index (χ0n) is 34.3. The highest BCUT2D eigenvalue weighted by Crippen LogP contribution is 2.51. The van der Waals surface area contributed by atoms with Gasteiger partial charge in [-0.3, -0.25) is 0 Å². The average Bonchev–Trinajstić information content (AvgIpc) is 3.76. The molecule has 288 valence electrons. The van der Waals surface area contributed by atoms with Crippen LogP contribution in [0.2, 0.25) is 0 Å². The van der Waals surface area contributed by atoms with Gasteiger partial charge in [0.15, 0.2) is 0 Å². The van der Waals surface area contributed by atoms with E-state index in [-0.39, 0.29) is 5.41 Å². The lowest BCUT2D eigenvalue weighted by Gasteiger charge is -2.22. The average molecular weight is 771 g/mol. The van der Waals surface area contributed by atoms with Gasteiger partial charge in [-0.2, -0.15) is 0 Å². The number of benzene rings is 9. The Hall–Kier alpha value is -7.42. The van der Waals surface area contributed by atoms with Crippen LogP contribution in [0, 0.1) is 0 Å². The predicted molar refractivity (Wildman–Crippen MR) is 256 cm³/mol. The number of fused-ring (bicyclic) bond motifs is 6. The number of rotatable bonds is 6. The normalized spacial score (nSPS) is 12.4. The Morgan fingerprint density at radius 3 is 1.32 bits per heavy atom. The van der Waals surface area contributed by atoms with Crippen LogP contribution in [0.1, 0.15) is 25.0 Å². The molecule has 1 aliphatic carbocycles. The van der Waals surface area contributed by atoms with Gasteiger partial charge in [-0.15, -0.1) is 0 Å². The van der Waals surface area contributed by atoms with Gasteiger partial charge in [-0.1, -0.05) is 190 Å². The lowest BCUT2D eigenvalue weighted by atomic mass is 9.82. The van der Waals surface area contributed by atoms with Crippen LogP contribution in [0.4, 0.5) is 11.4 Å². The van der Waals surface area contributed by atoms with Crippen molar-refractivity contribution in [1.82, 2.24) is 4.57 Å². The van der Waals surface area contributed by atoms with Gasteiger partial charge < -0.3 is 9.47 Å². The summed E-state index contributed by atoms with van der Waals surface area (Å²) in [6.07, 6.45) is 0. The highest BCUT2D eigenvalue weighted by molar-refractivity contribution is 6.12. The molecule has 1 heterocycles. The van der Waals surface area contributed by atoms with Crippen LogP contribution in [-0.4, -0.2) is 11.6 Å². The molecule has 11 rings (SSSR count). The molecule has 0 bridgehead atoms. The van der Waals surface area contributed by atoms with Gasteiger partial charge >= 0.3 is 0 Å². The van der Waals surface area contributed by atoms with Gasteiger partial charge in [0, 0.05) is 40.3 Å². The molecule has 0 unspecified atom stereocenters. The lowest BCUT2D eigenvalue weighted by Crippen LogP contribution is -2.14. The summed E-state index contributed by atoms with van der Waals surface area (Å²) in [4.78, 5) is 2.29. The quantitative estimate of drug-likeness (QED) is 0.163. The van der Waals surface area contributed by atoms with Crippen LogP contribution in [0.3, 0.4) is 0 Å². The van der Waals surface area contributed by atoms with Crippen LogP contribution in [0.25, 0.3) is 72.0 Å². The van der Waals surface area contributed by atoms with Crippen LogP contribution in [0.15, 0.2) is 224 Å². The van der Waals surface area contributed by atoms with Crippen molar-refractivity contribution in [3.8, 4) is 50.2 Å². The summed E-state index contributed by atoms with van der Waals surface area (Å²) in [5.74, 6) is 0. The summed E-state index contributed by atoms with van der Waals surface area (Å²) in [5.41, 5.74) is 18.8. The number of hydrogen-bond acceptors (Lipinski definition) is 1. The zero-order chi connectivity index (χ0) is 40.6. The molecule has 0 radical (unpaired) electrons. The number of nitrogens with zero attached hydrogens (tertiary/aromatic N) is 2. The van der Waals surface area contributed by atoms with E-state index in [0.29, 0.717) is 0 Å². The van der Waals surface area contributed by atoms with Crippen molar-refractivity contribution in [3.05, 3.63) is 236 Å². The molecule has 0 atom stereocenters. The third-order valence-electron chi connectivity index (χ3n) is 12.3. The fraction of sp³-hybridized carbons (Fsp3) is 0.0690. The van der Waals surface area contributed by atoms with Crippen LogP contribution in [0.5, 0.6) is 0 Å². The van der Waals surface area contributed by atoms with Crippen LogP contribution < -0.4 is 4.90 Å². The zero-order valence-corrected chi connectivity index (χ0v) is 34.3. The largest absolute Gasteiger partial charge is 0.345 e.